The smallest absolute Gasteiger partial charge is 0.253 e. The number of nitrogens with two attached hydrogens (primary N) is 1. The maximum absolute atomic E-state index is 12.0. The van der Waals surface area contributed by atoms with Crippen LogP contribution in [0.15, 0.2) is 18.2 Å². The molecule has 0 aromatic heterocycles. The normalized spacial score (nSPS) is 10.5. The summed E-state index contributed by atoms with van der Waals surface area (Å²) in [7, 11) is 0. The van der Waals surface area contributed by atoms with Gasteiger partial charge in [-0.3, -0.25) is 10.6 Å². The number of carbonyl (C=O) groups excluding carboxylic acids is 1. The largest absolute Gasteiger partial charge is 0.352 e. The molecule has 1 rings (SSSR count). The van der Waals surface area contributed by atoms with Crippen LogP contribution in [0.2, 0.25) is 5.02 Å². The summed E-state index contributed by atoms with van der Waals surface area (Å²) in [6.07, 6.45) is 2.10. The van der Waals surface area contributed by atoms with Crippen molar-refractivity contribution in [3.63, 3.8) is 0 Å². The Bertz CT molecular complexity index is 405. The van der Waals surface area contributed by atoms with Crippen LogP contribution in [0.25, 0.3) is 0 Å². The number of rotatable bonds is 6. The molecule has 100 valence electrons. The molecule has 0 aliphatic carbocycles. The molecule has 0 fully saturated rings. The summed E-state index contributed by atoms with van der Waals surface area (Å²) in [6.45, 7) is 4.90. The van der Waals surface area contributed by atoms with E-state index in [0.29, 0.717) is 28.7 Å². The lowest BCUT2D eigenvalue weighted by Crippen LogP contribution is -2.30. The number of nitrogens with one attached hydrogen (secondary N) is 2. The molecule has 4 nitrogen and oxygen atoms in total. The molecule has 5 heteroatoms. The number of anilines is 1. The molecule has 0 bridgehead atoms. The second-order valence-electron chi connectivity index (χ2n) is 4.23. The van der Waals surface area contributed by atoms with E-state index in [0.717, 1.165) is 12.8 Å². The van der Waals surface area contributed by atoms with Crippen molar-refractivity contribution in [3.8, 4) is 0 Å². The lowest BCUT2D eigenvalue weighted by atomic mass is 10.0. The first-order valence-corrected chi connectivity index (χ1v) is 6.54. The number of halogens is 1. The summed E-state index contributed by atoms with van der Waals surface area (Å²) in [6, 6.07) is 4.99. The van der Waals surface area contributed by atoms with Gasteiger partial charge in [-0.15, -0.1) is 0 Å². The topological polar surface area (TPSA) is 67.2 Å². The SMILES string of the molecule is CCC(CC)CNC(=O)c1cc(Cl)ccc1NN. The second kappa shape index (κ2) is 7.24. The van der Waals surface area contributed by atoms with Crippen LogP contribution in [0.3, 0.4) is 0 Å². The molecular formula is C13H20ClN3O. The van der Waals surface area contributed by atoms with Crippen LogP contribution in [-0.4, -0.2) is 12.5 Å². The van der Waals surface area contributed by atoms with Crippen LogP contribution in [-0.2, 0) is 0 Å². The number of benzene rings is 1. The van der Waals surface area contributed by atoms with Crippen LogP contribution in [0.1, 0.15) is 37.0 Å². The predicted molar refractivity (Wildman–Crippen MR) is 75.7 cm³/mol. The van der Waals surface area contributed by atoms with Gasteiger partial charge >= 0.3 is 0 Å². The zero-order chi connectivity index (χ0) is 13.5. The maximum atomic E-state index is 12.0. The van der Waals surface area contributed by atoms with Crippen LogP contribution in [0.5, 0.6) is 0 Å². The first kappa shape index (κ1) is 14.8. The minimum absolute atomic E-state index is 0.155. The van der Waals surface area contributed by atoms with E-state index in [1.54, 1.807) is 18.2 Å². The van der Waals surface area contributed by atoms with Crippen molar-refractivity contribution in [1.82, 2.24) is 5.32 Å². The van der Waals surface area contributed by atoms with Crippen molar-refractivity contribution in [2.75, 3.05) is 12.0 Å². The molecule has 0 saturated heterocycles. The fourth-order valence-corrected chi connectivity index (χ4v) is 1.91. The number of hydrogen-bond donors (Lipinski definition) is 3. The van der Waals surface area contributed by atoms with E-state index in [2.05, 4.69) is 24.6 Å². The van der Waals surface area contributed by atoms with Crippen LogP contribution in [0.4, 0.5) is 5.69 Å². The van der Waals surface area contributed by atoms with Gasteiger partial charge in [0.15, 0.2) is 0 Å². The molecule has 1 aromatic carbocycles. The van der Waals surface area contributed by atoms with Gasteiger partial charge in [-0.05, 0) is 24.1 Å². The van der Waals surface area contributed by atoms with Gasteiger partial charge in [-0.2, -0.15) is 0 Å². The molecule has 1 aromatic rings. The standard InChI is InChI=1S/C13H20ClN3O/c1-3-9(4-2)8-16-13(18)11-7-10(14)5-6-12(11)17-15/h5-7,9,17H,3-4,8,15H2,1-2H3,(H,16,18). The summed E-state index contributed by atoms with van der Waals surface area (Å²) in [4.78, 5) is 12.0. The summed E-state index contributed by atoms with van der Waals surface area (Å²) in [5.41, 5.74) is 3.54. The van der Waals surface area contributed by atoms with Gasteiger partial charge in [0, 0.05) is 11.6 Å². The quantitative estimate of drug-likeness (QED) is 0.549. The Morgan fingerprint density at radius 2 is 2.06 bits per heavy atom. The number of amides is 1. The Labute approximate surface area is 113 Å². The van der Waals surface area contributed by atoms with Crippen molar-refractivity contribution in [2.45, 2.75) is 26.7 Å². The highest BCUT2D eigenvalue weighted by Gasteiger charge is 2.13. The molecule has 0 aliphatic heterocycles. The van der Waals surface area contributed by atoms with Gasteiger partial charge < -0.3 is 10.7 Å². The maximum Gasteiger partial charge on any atom is 0.253 e. The van der Waals surface area contributed by atoms with E-state index >= 15 is 0 Å². The number of carbonyl (C=O) groups is 1. The van der Waals surface area contributed by atoms with Gasteiger partial charge in [0.05, 0.1) is 11.3 Å². The van der Waals surface area contributed by atoms with Crippen molar-refractivity contribution in [1.29, 1.82) is 0 Å². The molecule has 0 aliphatic rings. The third-order valence-corrected chi connectivity index (χ3v) is 3.32. The van der Waals surface area contributed by atoms with Gasteiger partial charge in [-0.1, -0.05) is 38.3 Å². The van der Waals surface area contributed by atoms with Crippen LogP contribution >= 0.6 is 11.6 Å². The zero-order valence-corrected chi connectivity index (χ0v) is 11.6. The molecule has 4 N–H and O–H groups in total. The van der Waals surface area contributed by atoms with E-state index in [-0.39, 0.29) is 5.91 Å². The van der Waals surface area contributed by atoms with E-state index in [1.807, 2.05) is 0 Å². The highest BCUT2D eigenvalue weighted by Crippen LogP contribution is 2.20. The zero-order valence-electron chi connectivity index (χ0n) is 10.8. The Balaban J connectivity index is 2.74. The average Bonchev–Trinajstić information content (AvgIpc) is 2.39. The number of nitrogen functional groups attached to an aromatic ring is 1. The summed E-state index contributed by atoms with van der Waals surface area (Å²) in [5.74, 6) is 5.72. The van der Waals surface area contributed by atoms with Crippen molar-refractivity contribution < 1.29 is 4.79 Å². The highest BCUT2D eigenvalue weighted by atomic mass is 35.5. The van der Waals surface area contributed by atoms with Crippen LogP contribution in [0, 0.1) is 5.92 Å². The summed E-state index contributed by atoms with van der Waals surface area (Å²) in [5, 5.41) is 3.43. The van der Waals surface area contributed by atoms with E-state index in [1.165, 1.54) is 0 Å². The third kappa shape index (κ3) is 3.89. The highest BCUT2D eigenvalue weighted by molar-refractivity contribution is 6.31. The molecule has 0 heterocycles. The molecule has 18 heavy (non-hydrogen) atoms. The first-order valence-electron chi connectivity index (χ1n) is 6.16. The minimum atomic E-state index is -0.155. The Kier molecular flexibility index (Phi) is 5.95. The molecule has 0 unspecified atom stereocenters. The fourth-order valence-electron chi connectivity index (χ4n) is 1.74. The van der Waals surface area contributed by atoms with Gasteiger partial charge in [0.2, 0.25) is 0 Å². The Morgan fingerprint density at radius 3 is 2.61 bits per heavy atom. The van der Waals surface area contributed by atoms with Crippen LogP contribution < -0.4 is 16.6 Å². The number of hydrazine groups is 1. The minimum Gasteiger partial charge on any atom is -0.352 e. The Morgan fingerprint density at radius 1 is 1.39 bits per heavy atom. The molecule has 0 spiro atoms. The lowest BCUT2D eigenvalue weighted by Gasteiger charge is -2.14. The molecule has 0 atom stereocenters. The third-order valence-electron chi connectivity index (χ3n) is 3.09. The monoisotopic (exact) mass is 269 g/mol. The van der Waals surface area contributed by atoms with E-state index in [4.69, 9.17) is 17.4 Å². The van der Waals surface area contributed by atoms with Gasteiger partial charge in [0.1, 0.15) is 0 Å². The van der Waals surface area contributed by atoms with E-state index in [9.17, 15) is 4.79 Å². The summed E-state index contributed by atoms with van der Waals surface area (Å²) < 4.78 is 0. The molecular weight excluding hydrogens is 250 g/mol. The average molecular weight is 270 g/mol. The van der Waals surface area contributed by atoms with Crippen molar-refractivity contribution in [2.24, 2.45) is 11.8 Å². The lowest BCUT2D eigenvalue weighted by molar-refractivity contribution is 0.0947. The van der Waals surface area contributed by atoms with Gasteiger partial charge in [0.25, 0.3) is 5.91 Å². The number of hydrogen-bond acceptors (Lipinski definition) is 3. The van der Waals surface area contributed by atoms with Crippen molar-refractivity contribution >= 4 is 23.2 Å². The molecule has 1 amide bonds. The second-order valence-corrected chi connectivity index (χ2v) is 4.66. The molecule has 0 saturated carbocycles. The predicted octanol–water partition coefficient (Wildman–Crippen LogP) is 2.79. The first-order chi connectivity index (χ1) is 8.62. The van der Waals surface area contributed by atoms with E-state index < -0.39 is 0 Å². The Hall–Kier alpha value is -1.26. The summed E-state index contributed by atoms with van der Waals surface area (Å²) >= 11 is 5.89. The fraction of sp³-hybridized carbons (Fsp3) is 0.462. The molecule has 0 radical (unpaired) electrons. The van der Waals surface area contributed by atoms with Crippen molar-refractivity contribution in [3.05, 3.63) is 28.8 Å². The van der Waals surface area contributed by atoms with Gasteiger partial charge in [-0.25, -0.2) is 0 Å².